The molecule has 0 bridgehead atoms. The van der Waals surface area contributed by atoms with Crippen LogP contribution < -0.4 is 10.0 Å². The molecule has 39 heavy (non-hydrogen) atoms. The van der Waals surface area contributed by atoms with Crippen molar-refractivity contribution in [2.24, 2.45) is 46.3 Å². The van der Waals surface area contributed by atoms with Crippen molar-refractivity contribution in [3.05, 3.63) is 0 Å². The average molecular weight is 565 g/mol. The van der Waals surface area contributed by atoms with E-state index in [9.17, 15) is 18.3 Å². The second kappa shape index (κ2) is 11.5. The highest BCUT2D eigenvalue weighted by Gasteiger charge is 2.61. The van der Waals surface area contributed by atoms with Crippen LogP contribution in [0.15, 0.2) is 0 Å². The van der Waals surface area contributed by atoms with E-state index in [4.69, 9.17) is 0 Å². The van der Waals surface area contributed by atoms with Gasteiger partial charge >= 0.3 is 6.03 Å². The highest BCUT2D eigenvalue weighted by molar-refractivity contribution is 7.90. The minimum atomic E-state index is -3.60. The van der Waals surface area contributed by atoms with Crippen LogP contribution in [0.2, 0.25) is 0 Å². The van der Waals surface area contributed by atoms with Gasteiger partial charge in [0.15, 0.2) is 0 Å². The summed E-state index contributed by atoms with van der Waals surface area (Å²) < 4.78 is 27.6. The van der Waals surface area contributed by atoms with Crippen LogP contribution in [0.25, 0.3) is 0 Å². The van der Waals surface area contributed by atoms with E-state index in [2.05, 4.69) is 30.8 Å². The van der Waals surface area contributed by atoms with Gasteiger partial charge in [-0.2, -0.15) is 0 Å². The third-order valence-electron chi connectivity index (χ3n) is 13.1. The number of carbonyl (C=O) groups is 1. The van der Waals surface area contributed by atoms with Crippen LogP contribution in [0.4, 0.5) is 4.79 Å². The molecule has 5 fully saturated rings. The molecule has 2 amide bonds. The van der Waals surface area contributed by atoms with Crippen LogP contribution >= 0.6 is 0 Å². The molecule has 224 valence electrons. The zero-order valence-electron chi connectivity index (χ0n) is 25.1. The van der Waals surface area contributed by atoms with Gasteiger partial charge in [-0.1, -0.05) is 46.5 Å². The van der Waals surface area contributed by atoms with Gasteiger partial charge < -0.3 is 10.4 Å². The van der Waals surface area contributed by atoms with Crippen LogP contribution in [0.3, 0.4) is 0 Å². The maximum atomic E-state index is 12.6. The molecule has 5 aliphatic carbocycles. The molecule has 0 aliphatic heterocycles. The zero-order chi connectivity index (χ0) is 28.0. The van der Waals surface area contributed by atoms with Gasteiger partial charge in [-0.3, -0.25) is 0 Å². The summed E-state index contributed by atoms with van der Waals surface area (Å²) in [5.74, 6) is 4.55. The summed E-state index contributed by atoms with van der Waals surface area (Å²) in [5, 5.41) is 13.0. The summed E-state index contributed by atoms with van der Waals surface area (Å²) in [6.45, 7) is 9.55. The first-order chi connectivity index (χ1) is 18.5. The lowest BCUT2D eigenvalue weighted by molar-refractivity contribution is -0.150. The predicted molar refractivity (Wildman–Crippen MR) is 157 cm³/mol. The monoisotopic (exact) mass is 564 g/mol. The second-order valence-corrected chi connectivity index (χ2v) is 17.0. The van der Waals surface area contributed by atoms with E-state index in [-0.39, 0.29) is 12.1 Å². The maximum Gasteiger partial charge on any atom is 0.328 e. The Hall–Kier alpha value is -0.820. The van der Waals surface area contributed by atoms with E-state index in [1.807, 2.05) is 6.92 Å². The number of aliphatic hydroxyl groups is 1. The number of hydrogen-bond donors (Lipinski definition) is 3. The molecule has 0 saturated heterocycles. The molecule has 0 aromatic carbocycles. The Balaban J connectivity index is 1.17. The molecule has 5 saturated carbocycles. The Labute approximate surface area is 238 Å². The Morgan fingerprint density at radius 2 is 1.62 bits per heavy atom. The smallest absolute Gasteiger partial charge is 0.328 e. The first-order valence-electron chi connectivity index (χ1n) is 16.5. The number of carbonyl (C=O) groups excluding carboxylic acids is 1. The Morgan fingerprint density at radius 1 is 0.923 bits per heavy atom. The molecule has 0 spiro atoms. The van der Waals surface area contributed by atoms with E-state index in [0.717, 1.165) is 68.6 Å². The number of hydrogen-bond acceptors (Lipinski definition) is 4. The lowest BCUT2D eigenvalue weighted by Crippen LogP contribution is -2.56. The first-order valence-corrected chi connectivity index (χ1v) is 18.0. The highest BCUT2D eigenvalue weighted by atomic mass is 32.2. The minimum Gasteiger partial charge on any atom is -0.393 e. The molecule has 3 N–H and O–H groups in total. The Morgan fingerprint density at radius 3 is 2.33 bits per heavy atom. The number of fused-ring (bicyclic) bond motifs is 5. The molecule has 6 nitrogen and oxygen atoms in total. The summed E-state index contributed by atoms with van der Waals surface area (Å²) in [7, 11) is -3.60. The standard InChI is InChI=1S/C32H56N2O4S/c1-5-22-19-26-27-14-13-23(31(27,3)18-16-28(26)32(4)17-15-24(35)20-29(22)32)12-11-21(2)33-30(36)34-39(37,38)25-9-7-6-8-10-25/h21-29,35H,5-20H2,1-4H3,(H2,33,34,36)/t21-,22-,23-,24+,26-,27-,28-,29-,31+,32+/m0/s1. The molecular weight excluding hydrogens is 508 g/mol. The molecule has 0 aromatic rings. The van der Waals surface area contributed by atoms with Gasteiger partial charge in [0.1, 0.15) is 0 Å². The third kappa shape index (κ3) is 5.66. The second-order valence-electron chi connectivity index (χ2n) is 15.0. The topological polar surface area (TPSA) is 95.5 Å². The molecule has 7 heteroatoms. The number of nitrogens with one attached hydrogen (secondary N) is 2. The summed E-state index contributed by atoms with van der Waals surface area (Å²) >= 11 is 0. The first kappa shape index (κ1) is 29.7. The van der Waals surface area contributed by atoms with Gasteiger partial charge in [0.25, 0.3) is 0 Å². The van der Waals surface area contributed by atoms with Crippen molar-refractivity contribution < 1.29 is 18.3 Å². The maximum absolute atomic E-state index is 12.6. The average Bonchev–Trinajstić information content (AvgIpc) is 3.24. The molecular formula is C32H56N2O4S. The minimum absolute atomic E-state index is 0.0435. The van der Waals surface area contributed by atoms with E-state index in [1.165, 1.54) is 44.9 Å². The molecule has 0 unspecified atom stereocenters. The van der Waals surface area contributed by atoms with Crippen LogP contribution in [0.1, 0.15) is 130 Å². The summed E-state index contributed by atoms with van der Waals surface area (Å²) in [5.41, 5.74) is 0.773. The van der Waals surface area contributed by atoms with Crippen molar-refractivity contribution in [3.8, 4) is 0 Å². The molecule has 0 radical (unpaired) electrons. The number of aliphatic hydroxyl groups excluding tert-OH is 1. The van der Waals surface area contributed by atoms with E-state index >= 15 is 0 Å². The lowest BCUT2D eigenvalue weighted by atomic mass is 9.42. The van der Waals surface area contributed by atoms with Crippen LogP contribution in [0.5, 0.6) is 0 Å². The number of amides is 2. The van der Waals surface area contributed by atoms with Crippen molar-refractivity contribution in [1.82, 2.24) is 10.0 Å². The summed E-state index contributed by atoms with van der Waals surface area (Å²) in [6, 6.07) is -0.602. The zero-order valence-corrected chi connectivity index (χ0v) is 25.9. The Bertz CT molecular complexity index is 981. The molecule has 5 aliphatic rings. The number of rotatable bonds is 7. The number of sulfonamides is 1. The van der Waals surface area contributed by atoms with Crippen LogP contribution in [0, 0.1) is 46.3 Å². The fourth-order valence-corrected chi connectivity index (χ4v) is 12.3. The van der Waals surface area contributed by atoms with Gasteiger partial charge in [0, 0.05) is 6.04 Å². The third-order valence-corrected chi connectivity index (χ3v) is 14.9. The summed E-state index contributed by atoms with van der Waals surface area (Å²) in [6.07, 6.45) is 17.2. The van der Waals surface area contributed by atoms with Crippen molar-refractivity contribution in [3.63, 3.8) is 0 Å². The molecule has 10 atom stereocenters. The van der Waals surface area contributed by atoms with E-state index in [0.29, 0.717) is 35.5 Å². The predicted octanol–water partition coefficient (Wildman–Crippen LogP) is 6.77. The van der Waals surface area contributed by atoms with Gasteiger partial charge in [0.2, 0.25) is 10.0 Å². The van der Waals surface area contributed by atoms with Crippen molar-refractivity contribution in [1.29, 1.82) is 0 Å². The molecule has 5 rings (SSSR count). The van der Waals surface area contributed by atoms with E-state index in [1.54, 1.807) is 0 Å². The molecule has 0 heterocycles. The number of urea groups is 1. The van der Waals surface area contributed by atoms with Gasteiger partial charge in [-0.25, -0.2) is 17.9 Å². The fourth-order valence-electron chi connectivity index (χ4n) is 10.9. The largest absolute Gasteiger partial charge is 0.393 e. The van der Waals surface area contributed by atoms with Gasteiger partial charge in [0.05, 0.1) is 11.4 Å². The SMILES string of the molecule is CC[C@H]1C[C@@H]2[C@H](CC[C@]3(C)[C@@H](CC[C@H](C)NC(=O)NS(=O)(=O)C4CCCCC4)CC[C@@H]23)[C@@]2(C)CC[C@@H](O)C[C@@H]12. The van der Waals surface area contributed by atoms with Crippen molar-refractivity contribution in [2.45, 2.75) is 148 Å². The summed E-state index contributed by atoms with van der Waals surface area (Å²) in [4.78, 5) is 12.6. The quantitative estimate of drug-likeness (QED) is 0.318. The highest BCUT2D eigenvalue weighted by Crippen LogP contribution is 2.69. The fraction of sp³-hybridized carbons (Fsp3) is 0.969. The van der Waals surface area contributed by atoms with Crippen molar-refractivity contribution >= 4 is 16.1 Å². The van der Waals surface area contributed by atoms with Crippen LogP contribution in [-0.4, -0.2) is 37.0 Å². The van der Waals surface area contributed by atoms with Crippen molar-refractivity contribution in [2.75, 3.05) is 0 Å². The molecule has 0 aromatic heterocycles. The van der Waals surface area contributed by atoms with E-state index < -0.39 is 21.3 Å². The van der Waals surface area contributed by atoms with Gasteiger partial charge in [-0.05, 0) is 130 Å². The van der Waals surface area contributed by atoms with Crippen LogP contribution in [-0.2, 0) is 10.0 Å². The Kier molecular flexibility index (Phi) is 8.71. The normalized spacial score (nSPS) is 43.6. The van der Waals surface area contributed by atoms with Gasteiger partial charge in [-0.15, -0.1) is 0 Å². The lowest BCUT2D eigenvalue weighted by Gasteiger charge is -2.63.